The molecule has 18 heavy (non-hydrogen) atoms. The fourth-order valence-corrected chi connectivity index (χ4v) is 2.64. The molecule has 2 heteroatoms. The monoisotopic (exact) mass is 247 g/mol. The van der Waals surface area contributed by atoms with Crippen LogP contribution in [-0.4, -0.2) is 18.2 Å². The summed E-state index contributed by atoms with van der Waals surface area (Å²) in [5.74, 6) is 1.60. The third-order valence-corrected chi connectivity index (χ3v) is 4.36. The summed E-state index contributed by atoms with van der Waals surface area (Å²) < 4.78 is 0. The summed E-state index contributed by atoms with van der Waals surface area (Å²) in [6.07, 6.45) is 1.73. The van der Waals surface area contributed by atoms with Crippen LogP contribution in [0, 0.1) is 11.8 Å². The summed E-state index contributed by atoms with van der Waals surface area (Å²) in [7, 11) is 0. The zero-order valence-electron chi connectivity index (χ0n) is 11.8. The number of anilines is 1. The SMILES string of the molecule is CC[C@@H](O)c1ccc(N2CCC(C)C(C)C2)cc1. The first-order valence-electron chi connectivity index (χ1n) is 7.14. The molecular weight excluding hydrogens is 222 g/mol. The van der Waals surface area contributed by atoms with Crippen LogP contribution in [0.1, 0.15) is 45.3 Å². The second-order valence-corrected chi connectivity index (χ2v) is 5.70. The van der Waals surface area contributed by atoms with Gasteiger partial charge in [-0.05, 0) is 42.4 Å². The maximum Gasteiger partial charge on any atom is 0.0787 e. The van der Waals surface area contributed by atoms with Gasteiger partial charge in [0.2, 0.25) is 0 Å². The fourth-order valence-electron chi connectivity index (χ4n) is 2.64. The second kappa shape index (κ2) is 5.75. The smallest absolute Gasteiger partial charge is 0.0787 e. The molecule has 1 aromatic carbocycles. The number of benzene rings is 1. The lowest BCUT2D eigenvalue weighted by Gasteiger charge is -2.37. The Hall–Kier alpha value is -1.02. The van der Waals surface area contributed by atoms with Crippen molar-refractivity contribution in [3.63, 3.8) is 0 Å². The molecule has 100 valence electrons. The molecule has 2 rings (SSSR count). The van der Waals surface area contributed by atoms with Crippen molar-refractivity contribution >= 4 is 5.69 Å². The van der Waals surface area contributed by atoms with Crippen molar-refractivity contribution in [2.45, 2.75) is 39.7 Å². The molecular formula is C16H25NO. The maximum atomic E-state index is 9.79. The number of hydrogen-bond acceptors (Lipinski definition) is 2. The van der Waals surface area contributed by atoms with E-state index in [4.69, 9.17) is 0 Å². The maximum absolute atomic E-state index is 9.79. The predicted molar refractivity (Wildman–Crippen MR) is 76.9 cm³/mol. The van der Waals surface area contributed by atoms with Crippen LogP contribution in [0.4, 0.5) is 5.69 Å². The van der Waals surface area contributed by atoms with Crippen molar-refractivity contribution in [2.24, 2.45) is 11.8 Å². The van der Waals surface area contributed by atoms with Crippen LogP contribution >= 0.6 is 0 Å². The molecule has 1 N–H and O–H groups in total. The van der Waals surface area contributed by atoms with Crippen LogP contribution in [0.5, 0.6) is 0 Å². The minimum Gasteiger partial charge on any atom is -0.388 e. The summed E-state index contributed by atoms with van der Waals surface area (Å²) in [5, 5.41) is 9.79. The van der Waals surface area contributed by atoms with E-state index in [2.05, 4.69) is 43.0 Å². The molecule has 3 atom stereocenters. The topological polar surface area (TPSA) is 23.5 Å². The van der Waals surface area contributed by atoms with Gasteiger partial charge in [-0.25, -0.2) is 0 Å². The van der Waals surface area contributed by atoms with Crippen molar-refractivity contribution in [1.29, 1.82) is 0 Å². The Morgan fingerprint density at radius 1 is 1.22 bits per heavy atom. The zero-order valence-corrected chi connectivity index (χ0v) is 11.8. The molecule has 0 aliphatic carbocycles. The average molecular weight is 247 g/mol. The number of aliphatic hydroxyl groups excluding tert-OH is 1. The number of nitrogens with zero attached hydrogens (tertiary/aromatic N) is 1. The molecule has 1 aliphatic heterocycles. The summed E-state index contributed by atoms with van der Waals surface area (Å²) in [6, 6.07) is 8.42. The van der Waals surface area contributed by atoms with Gasteiger partial charge < -0.3 is 10.0 Å². The van der Waals surface area contributed by atoms with E-state index in [1.807, 2.05) is 6.92 Å². The Morgan fingerprint density at radius 3 is 2.44 bits per heavy atom. The Balaban J connectivity index is 2.06. The molecule has 0 aromatic heterocycles. The van der Waals surface area contributed by atoms with Gasteiger partial charge in [0.1, 0.15) is 0 Å². The first kappa shape index (κ1) is 13.4. The molecule has 2 unspecified atom stereocenters. The van der Waals surface area contributed by atoms with E-state index in [1.54, 1.807) is 0 Å². The van der Waals surface area contributed by atoms with E-state index >= 15 is 0 Å². The van der Waals surface area contributed by atoms with Crippen molar-refractivity contribution in [2.75, 3.05) is 18.0 Å². The number of piperidine rings is 1. The van der Waals surface area contributed by atoms with Gasteiger partial charge in [-0.3, -0.25) is 0 Å². The lowest BCUT2D eigenvalue weighted by molar-refractivity contribution is 0.173. The van der Waals surface area contributed by atoms with E-state index in [0.717, 1.165) is 36.9 Å². The van der Waals surface area contributed by atoms with Crippen LogP contribution in [0.25, 0.3) is 0 Å². The van der Waals surface area contributed by atoms with Gasteiger partial charge >= 0.3 is 0 Å². The van der Waals surface area contributed by atoms with Crippen molar-refractivity contribution in [3.05, 3.63) is 29.8 Å². The molecule has 1 saturated heterocycles. The van der Waals surface area contributed by atoms with Crippen LogP contribution in [0.15, 0.2) is 24.3 Å². The van der Waals surface area contributed by atoms with Crippen molar-refractivity contribution in [3.8, 4) is 0 Å². The lowest BCUT2D eigenvalue weighted by Crippen LogP contribution is -2.38. The predicted octanol–water partition coefficient (Wildman–Crippen LogP) is 3.61. The number of aliphatic hydroxyl groups is 1. The Labute approximate surface area is 111 Å². The van der Waals surface area contributed by atoms with E-state index in [9.17, 15) is 5.11 Å². The molecule has 1 fully saturated rings. The number of rotatable bonds is 3. The molecule has 1 aromatic rings. The standard InChI is InChI=1S/C16H25NO/c1-4-16(18)14-5-7-15(8-6-14)17-10-9-12(2)13(3)11-17/h5-8,12-13,16,18H,4,9-11H2,1-3H3/t12?,13?,16-/m1/s1. The van der Waals surface area contributed by atoms with Gasteiger partial charge in [-0.2, -0.15) is 0 Å². The largest absolute Gasteiger partial charge is 0.388 e. The third kappa shape index (κ3) is 2.86. The normalized spacial score (nSPS) is 26.1. The molecule has 0 amide bonds. The Kier molecular flexibility index (Phi) is 4.28. The first-order valence-corrected chi connectivity index (χ1v) is 7.14. The second-order valence-electron chi connectivity index (χ2n) is 5.70. The molecule has 0 saturated carbocycles. The van der Waals surface area contributed by atoms with Gasteiger partial charge in [0.15, 0.2) is 0 Å². The van der Waals surface area contributed by atoms with Gasteiger partial charge in [0, 0.05) is 18.8 Å². The highest BCUT2D eigenvalue weighted by Crippen LogP contribution is 2.28. The van der Waals surface area contributed by atoms with Crippen molar-refractivity contribution in [1.82, 2.24) is 0 Å². The third-order valence-electron chi connectivity index (χ3n) is 4.36. The minimum atomic E-state index is -0.320. The Bertz CT molecular complexity index is 373. The van der Waals surface area contributed by atoms with E-state index in [1.165, 1.54) is 12.1 Å². The summed E-state index contributed by atoms with van der Waals surface area (Å²) in [6.45, 7) is 9.00. The van der Waals surface area contributed by atoms with Crippen molar-refractivity contribution < 1.29 is 5.11 Å². The van der Waals surface area contributed by atoms with Crippen LogP contribution in [0.2, 0.25) is 0 Å². The summed E-state index contributed by atoms with van der Waals surface area (Å²) >= 11 is 0. The molecule has 0 radical (unpaired) electrons. The minimum absolute atomic E-state index is 0.320. The number of hydrogen-bond donors (Lipinski definition) is 1. The molecule has 1 heterocycles. The van der Waals surface area contributed by atoms with Gasteiger partial charge in [-0.1, -0.05) is 32.9 Å². The quantitative estimate of drug-likeness (QED) is 0.882. The summed E-state index contributed by atoms with van der Waals surface area (Å²) in [5.41, 5.74) is 2.32. The molecule has 1 aliphatic rings. The van der Waals surface area contributed by atoms with Gasteiger partial charge in [-0.15, -0.1) is 0 Å². The Morgan fingerprint density at radius 2 is 1.89 bits per heavy atom. The molecule has 0 bridgehead atoms. The highest BCUT2D eigenvalue weighted by molar-refractivity contribution is 5.48. The zero-order chi connectivity index (χ0) is 13.1. The highest BCUT2D eigenvalue weighted by atomic mass is 16.3. The molecule has 0 spiro atoms. The van der Waals surface area contributed by atoms with E-state index < -0.39 is 0 Å². The fraction of sp³-hybridized carbons (Fsp3) is 0.625. The van der Waals surface area contributed by atoms with Gasteiger partial charge in [0.05, 0.1) is 6.10 Å². The average Bonchev–Trinajstić information content (AvgIpc) is 2.41. The molecule has 2 nitrogen and oxygen atoms in total. The highest BCUT2D eigenvalue weighted by Gasteiger charge is 2.22. The van der Waals surface area contributed by atoms with E-state index in [0.29, 0.717) is 0 Å². The van der Waals surface area contributed by atoms with Crippen LogP contribution < -0.4 is 4.90 Å². The van der Waals surface area contributed by atoms with E-state index in [-0.39, 0.29) is 6.10 Å². The van der Waals surface area contributed by atoms with Crippen LogP contribution in [-0.2, 0) is 0 Å². The lowest BCUT2D eigenvalue weighted by atomic mass is 9.88. The summed E-state index contributed by atoms with van der Waals surface area (Å²) in [4.78, 5) is 2.47. The van der Waals surface area contributed by atoms with Gasteiger partial charge in [0.25, 0.3) is 0 Å². The first-order chi connectivity index (χ1) is 8.61. The van der Waals surface area contributed by atoms with Crippen LogP contribution in [0.3, 0.4) is 0 Å².